The van der Waals surface area contributed by atoms with Crippen molar-refractivity contribution in [2.45, 2.75) is 10.3 Å². The Morgan fingerprint density at radius 2 is 1.92 bits per heavy atom. The van der Waals surface area contributed by atoms with E-state index in [2.05, 4.69) is 10.0 Å². The van der Waals surface area contributed by atoms with Gasteiger partial charge >= 0.3 is 5.97 Å². The fourth-order valence-corrected chi connectivity index (χ4v) is 4.11. The third-order valence-corrected chi connectivity index (χ3v) is 6.09. The van der Waals surface area contributed by atoms with Gasteiger partial charge < -0.3 is 10.4 Å². The number of hydrogen-bond acceptors (Lipinski definition) is 5. The van der Waals surface area contributed by atoms with Crippen molar-refractivity contribution in [1.29, 1.82) is 0 Å². The highest BCUT2D eigenvalue weighted by Crippen LogP contribution is 2.22. The molecule has 1 amide bonds. The Labute approximate surface area is 147 Å². The van der Waals surface area contributed by atoms with Crippen LogP contribution in [0.2, 0.25) is 5.02 Å². The topological polar surface area (TPSA) is 113 Å². The molecule has 1 aromatic heterocycles. The summed E-state index contributed by atoms with van der Waals surface area (Å²) in [4.78, 5) is 23.3. The summed E-state index contributed by atoms with van der Waals surface area (Å²) in [6.45, 7) is -0.589. The average molecular weight is 389 g/mol. The van der Waals surface area contributed by atoms with Crippen LogP contribution in [0, 0.1) is 0 Å². The third-order valence-electron chi connectivity index (χ3n) is 2.95. The molecule has 0 radical (unpaired) electrons. The molecule has 0 fully saturated rings. The van der Waals surface area contributed by atoms with Gasteiger partial charge in [-0.15, -0.1) is 11.3 Å². The second kappa shape index (κ2) is 7.75. The van der Waals surface area contributed by atoms with Crippen LogP contribution in [0.1, 0.15) is 11.6 Å². The highest BCUT2D eigenvalue weighted by atomic mass is 35.5. The number of benzene rings is 1. The highest BCUT2D eigenvalue weighted by Gasteiger charge is 2.25. The molecule has 0 aliphatic rings. The smallest absolute Gasteiger partial charge is 0.330 e. The zero-order valence-electron chi connectivity index (χ0n) is 12.1. The lowest BCUT2D eigenvalue weighted by Gasteiger charge is -2.16. The van der Waals surface area contributed by atoms with Gasteiger partial charge in [-0.1, -0.05) is 35.9 Å². The van der Waals surface area contributed by atoms with E-state index in [1.807, 2.05) is 0 Å². The number of halogens is 1. The lowest BCUT2D eigenvalue weighted by Crippen LogP contribution is -2.40. The standard InChI is InChI=1S/C14H13ClN2O5S2/c15-10-5-2-1-4-9(10)13(14(19)20)17-11(18)8-16-24(21,22)12-6-3-7-23-12/h1-7,13,16H,8H2,(H,17,18)(H,19,20)/t13-/m0/s1. The van der Waals surface area contributed by atoms with Crippen molar-refractivity contribution >= 4 is 44.8 Å². The van der Waals surface area contributed by atoms with Crippen molar-refractivity contribution in [3.63, 3.8) is 0 Å². The van der Waals surface area contributed by atoms with Gasteiger partial charge in [0.15, 0.2) is 6.04 Å². The molecule has 0 aliphatic carbocycles. The summed E-state index contributed by atoms with van der Waals surface area (Å²) in [6.07, 6.45) is 0. The van der Waals surface area contributed by atoms with E-state index in [4.69, 9.17) is 11.6 Å². The van der Waals surface area contributed by atoms with Crippen molar-refractivity contribution in [3.8, 4) is 0 Å². The first-order chi connectivity index (χ1) is 11.3. The zero-order chi connectivity index (χ0) is 17.7. The van der Waals surface area contributed by atoms with E-state index >= 15 is 0 Å². The monoisotopic (exact) mass is 388 g/mol. The predicted octanol–water partition coefficient (Wildman–Crippen LogP) is 1.62. The number of thiophene rings is 1. The summed E-state index contributed by atoms with van der Waals surface area (Å²) in [5, 5.41) is 13.3. The molecule has 0 saturated heterocycles. The zero-order valence-corrected chi connectivity index (χ0v) is 14.5. The average Bonchev–Trinajstić information content (AvgIpc) is 3.07. The minimum Gasteiger partial charge on any atom is -0.479 e. The number of aliphatic carboxylic acids is 1. The minimum absolute atomic E-state index is 0.0659. The van der Waals surface area contributed by atoms with E-state index in [0.717, 1.165) is 11.3 Å². The SMILES string of the molecule is O=C(CNS(=O)(=O)c1cccs1)N[C@H](C(=O)O)c1ccccc1Cl. The molecule has 24 heavy (non-hydrogen) atoms. The van der Waals surface area contributed by atoms with E-state index in [-0.39, 0.29) is 14.8 Å². The van der Waals surface area contributed by atoms with Gasteiger partial charge in [-0.25, -0.2) is 17.9 Å². The van der Waals surface area contributed by atoms with Gasteiger partial charge in [0.2, 0.25) is 5.91 Å². The van der Waals surface area contributed by atoms with E-state index < -0.39 is 34.5 Å². The molecule has 0 aliphatic heterocycles. The molecule has 7 nitrogen and oxygen atoms in total. The summed E-state index contributed by atoms with van der Waals surface area (Å²) in [5.41, 5.74) is 0.209. The van der Waals surface area contributed by atoms with Gasteiger partial charge in [0.25, 0.3) is 10.0 Å². The molecule has 2 aromatic rings. The van der Waals surface area contributed by atoms with Crippen LogP contribution in [0.4, 0.5) is 0 Å². The second-order valence-electron chi connectivity index (χ2n) is 4.62. The van der Waals surface area contributed by atoms with Gasteiger partial charge in [-0.05, 0) is 17.5 Å². The number of carboxylic acids is 1. The van der Waals surface area contributed by atoms with Crippen LogP contribution in [0.3, 0.4) is 0 Å². The van der Waals surface area contributed by atoms with E-state index in [0.29, 0.717) is 0 Å². The number of sulfonamides is 1. The number of carbonyl (C=O) groups excluding carboxylic acids is 1. The lowest BCUT2D eigenvalue weighted by molar-refractivity contribution is -0.141. The third kappa shape index (κ3) is 4.54. The van der Waals surface area contributed by atoms with E-state index in [1.165, 1.54) is 18.2 Å². The van der Waals surface area contributed by atoms with Crippen LogP contribution in [-0.4, -0.2) is 31.9 Å². The number of carbonyl (C=O) groups is 2. The van der Waals surface area contributed by atoms with Gasteiger partial charge in [0, 0.05) is 10.6 Å². The maximum absolute atomic E-state index is 11.9. The molecule has 0 bridgehead atoms. The first-order valence-electron chi connectivity index (χ1n) is 6.61. The molecule has 10 heteroatoms. The van der Waals surface area contributed by atoms with Crippen molar-refractivity contribution in [2.75, 3.05) is 6.54 Å². The van der Waals surface area contributed by atoms with Crippen molar-refractivity contribution in [1.82, 2.24) is 10.0 Å². The normalized spacial score (nSPS) is 12.5. The van der Waals surface area contributed by atoms with Crippen molar-refractivity contribution < 1.29 is 23.1 Å². The number of rotatable bonds is 7. The van der Waals surface area contributed by atoms with Gasteiger partial charge in [-0.3, -0.25) is 4.79 Å². The second-order valence-corrected chi connectivity index (χ2v) is 7.97. The van der Waals surface area contributed by atoms with Crippen molar-refractivity contribution in [3.05, 3.63) is 52.4 Å². The Balaban J connectivity index is 2.05. The van der Waals surface area contributed by atoms with Crippen molar-refractivity contribution in [2.24, 2.45) is 0 Å². The van der Waals surface area contributed by atoms with E-state index in [9.17, 15) is 23.1 Å². The van der Waals surface area contributed by atoms with Crippen LogP contribution in [0.15, 0.2) is 46.0 Å². The molecule has 1 aromatic carbocycles. The highest BCUT2D eigenvalue weighted by molar-refractivity contribution is 7.91. The fourth-order valence-electron chi connectivity index (χ4n) is 1.84. The number of nitrogens with one attached hydrogen (secondary N) is 2. The summed E-state index contributed by atoms with van der Waals surface area (Å²) in [7, 11) is -3.81. The van der Waals surface area contributed by atoms with Crippen LogP contribution in [0.25, 0.3) is 0 Å². The van der Waals surface area contributed by atoms with Crippen LogP contribution in [0.5, 0.6) is 0 Å². The summed E-state index contributed by atoms with van der Waals surface area (Å²) in [6, 6.07) is 7.77. The summed E-state index contributed by atoms with van der Waals surface area (Å²) in [5.74, 6) is -2.10. The quantitative estimate of drug-likeness (QED) is 0.667. The first kappa shape index (κ1) is 18.4. The molecular weight excluding hydrogens is 376 g/mol. The Kier molecular flexibility index (Phi) is 5.94. The van der Waals surface area contributed by atoms with Crippen LogP contribution < -0.4 is 10.0 Å². The van der Waals surface area contributed by atoms with Crippen LogP contribution in [-0.2, 0) is 19.6 Å². The van der Waals surface area contributed by atoms with Gasteiger partial charge in [-0.2, -0.15) is 0 Å². The molecule has 128 valence electrons. The number of carboxylic acid groups (broad SMARTS) is 1. The maximum atomic E-state index is 11.9. The molecule has 0 saturated carbocycles. The molecule has 3 N–H and O–H groups in total. The molecule has 0 unspecified atom stereocenters. The summed E-state index contributed by atoms with van der Waals surface area (Å²) >= 11 is 6.94. The number of hydrogen-bond donors (Lipinski definition) is 3. The molecular formula is C14H13ClN2O5S2. The first-order valence-corrected chi connectivity index (χ1v) is 9.35. The van der Waals surface area contributed by atoms with Gasteiger partial charge in [0.1, 0.15) is 4.21 Å². The van der Waals surface area contributed by atoms with Gasteiger partial charge in [0.05, 0.1) is 6.54 Å². The Bertz CT molecular complexity index is 837. The Morgan fingerprint density at radius 1 is 1.21 bits per heavy atom. The largest absolute Gasteiger partial charge is 0.479 e. The Morgan fingerprint density at radius 3 is 2.50 bits per heavy atom. The fraction of sp³-hybridized carbons (Fsp3) is 0.143. The lowest BCUT2D eigenvalue weighted by atomic mass is 10.1. The predicted molar refractivity (Wildman–Crippen MR) is 89.5 cm³/mol. The van der Waals surface area contributed by atoms with Crippen LogP contribution >= 0.6 is 22.9 Å². The molecule has 0 spiro atoms. The number of amides is 1. The Hall–Kier alpha value is -1.94. The molecule has 1 heterocycles. The summed E-state index contributed by atoms with van der Waals surface area (Å²) < 4.78 is 26.0. The van der Waals surface area contributed by atoms with E-state index in [1.54, 1.807) is 23.6 Å². The minimum atomic E-state index is -3.81. The molecule has 2 rings (SSSR count). The maximum Gasteiger partial charge on any atom is 0.330 e. The molecule has 1 atom stereocenters.